The molecule has 0 spiro atoms. The summed E-state index contributed by atoms with van der Waals surface area (Å²) in [6.07, 6.45) is 0. The Labute approximate surface area is 122 Å². The first kappa shape index (κ1) is 13.2. The number of thiophene rings is 1. The quantitative estimate of drug-likeness (QED) is 0.638. The normalized spacial score (nSPS) is 10.8. The van der Waals surface area contributed by atoms with Gasteiger partial charge in [-0.1, -0.05) is 24.3 Å². The number of benzene rings is 2. The van der Waals surface area contributed by atoms with Gasteiger partial charge in [-0.2, -0.15) is 0 Å². The van der Waals surface area contributed by atoms with Crippen molar-refractivity contribution in [1.29, 1.82) is 0 Å². The van der Waals surface area contributed by atoms with Crippen molar-refractivity contribution in [3.63, 3.8) is 0 Å². The molecule has 0 aliphatic rings. The lowest BCUT2D eigenvalue weighted by Crippen LogP contribution is -2.03. The summed E-state index contributed by atoms with van der Waals surface area (Å²) in [7, 11) is 1.68. The van der Waals surface area contributed by atoms with E-state index in [-0.39, 0.29) is 0 Å². The molecule has 0 saturated heterocycles. The molecule has 0 fully saturated rings. The van der Waals surface area contributed by atoms with E-state index in [1.54, 1.807) is 18.4 Å². The van der Waals surface area contributed by atoms with E-state index in [4.69, 9.17) is 9.47 Å². The summed E-state index contributed by atoms with van der Waals surface area (Å²) in [6.45, 7) is 1.19. The zero-order chi connectivity index (χ0) is 13.8. The van der Waals surface area contributed by atoms with Crippen LogP contribution in [0.25, 0.3) is 21.2 Å². The fraction of sp³-hybridized carbons (Fsp3) is 0.176. The summed E-state index contributed by atoms with van der Waals surface area (Å²) in [5.74, 6) is 0.887. The van der Waals surface area contributed by atoms with Crippen molar-refractivity contribution < 1.29 is 9.47 Å². The maximum Gasteiger partial charge on any atom is 0.120 e. The van der Waals surface area contributed by atoms with Gasteiger partial charge in [0.25, 0.3) is 0 Å². The van der Waals surface area contributed by atoms with Crippen LogP contribution in [0.3, 0.4) is 0 Å². The average molecular weight is 284 g/mol. The van der Waals surface area contributed by atoms with E-state index in [1.165, 1.54) is 21.2 Å². The Hall–Kier alpha value is -1.84. The highest BCUT2D eigenvalue weighted by Gasteiger charge is 2.02. The molecule has 3 aromatic rings. The number of rotatable bonds is 5. The van der Waals surface area contributed by atoms with Crippen molar-refractivity contribution in [3.8, 4) is 16.2 Å². The SMILES string of the molecule is COCCOc1ccc2cc(-c3cccs3)ccc2c1. The predicted molar refractivity (Wildman–Crippen MR) is 84.6 cm³/mol. The van der Waals surface area contributed by atoms with Crippen molar-refractivity contribution in [3.05, 3.63) is 53.9 Å². The fourth-order valence-corrected chi connectivity index (χ4v) is 2.88. The largest absolute Gasteiger partial charge is 0.491 e. The molecule has 20 heavy (non-hydrogen) atoms. The van der Waals surface area contributed by atoms with Crippen molar-refractivity contribution in [2.45, 2.75) is 0 Å². The molecule has 0 atom stereocenters. The first-order chi connectivity index (χ1) is 9.86. The lowest BCUT2D eigenvalue weighted by molar-refractivity contribution is 0.146. The Morgan fingerprint density at radius 3 is 2.60 bits per heavy atom. The molecule has 0 saturated carbocycles. The third-order valence-electron chi connectivity index (χ3n) is 3.17. The molecule has 2 nitrogen and oxygen atoms in total. The topological polar surface area (TPSA) is 18.5 Å². The highest BCUT2D eigenvalue weighted by Crippen LogP contribution is 2.29. The van der Waals surface area contributed by atoms with Gasteiger partial charge >= 0.3 is 0 Å². The Bertz CT molecular complexity index is 689. The average Bonchev–Trinajstić information content (AvgIpc) is 3.01. The molecule has 3 heteroatoms. The highest BCUT2D eigenvalue weighted by atomic mass is 32.1. The van der Waals surface area contributed by atoms with Crippen molar-refractivity contribution >= 4 is 22.1 Å². The number of ether oxygens (including phenoxy) is 2. The van der Waals surface area contributed by atoms with Crippen molar-refractivity contribution in [2.24, 2.45) is 0 Å². The maximum absolute atomic E-state index is 5.63. The van der Waals surface area contributed by atoms with Crippen molar-refractivity contribution in [2.75, 3.05) is 20.3 Å². The smallest absolute Gasteiger partial charge is 0.120 e. The molecule has 0 amide bonds. The van der Waals surface area contributed by atoms with E-state index in [0.29, 0.717) is 13.2 Å². The van der Waals surface area contributed by atoms with Crippen LogP contribution in [0.15, 0.2) is 53.9 Å². The third kappa shape index (κ3) is 2.84. The van der Waals surface area contributed by atoms with Crippen LogP contribution in [0, 0.1) is 0 Å². The Kier molecular flexibility index (Phi) is 4.00. The highest BCUT2D eigenvalue weighted by molar-refractivity contribution is 7.13. The fourth-order valence-electron chi connectivity index (χ4n) is 2.15. The molecule has 0 unspecified atom stereocenters. The monoisotopic (exact) mass is 284 g/mol. The van der Waals surface area contributed by atoms with Gasteiger partial charge in [0, 0.05) is 12.0 Å². The summed E-state index contributed by atoms with van der Waals surface area (Å²) < 4.78 is 10.6. The molecule has 0 aliphatic heterocycles. The van der Waals surface area contributed by atoms with E-state index in [1.807, 2.05) is 6.07 Å². The summed E-state index contributed by atoms with van der Waals surface area (Å²) in [5.41, 5.74) is 1.26. The van der Waals surface area contributed by atoms with Crippen LogP contribution >= 0.6 is 11.3 Å². The number of fused-ring (bicyclic) bond motifs is 1. The summed E-state index contributed by atoms with van der Waals surface area (Å²) in [5, 5.41) is 4.53. The Morgan fingerprint density at radius 2 is 1.80 bits per heavy atom. The zero-order valence-electron chi connectivity index (χ0n) is 11.3. The van der Waals surface area contributed by atoms with Gasteiger partial charge in [0.1, 0.15) is 12.4 Å². The minimum absolute atomic E-state index is 0.579. The zero-order valence-corrected chi connectivity index (χ0v) is 12.2. The van der Waals surface area contributed by atoms with Gasteiger partial charge in [-0.05, 0) is 46.0 Å². The first-order valence-electron chi connectivity index (χ1n) is 6.56. The number of hydrogen-bond donors (Lipinski definition) is 0. The second-order valence-corrected chi connectivity index (χ2v) is 5.49. The van der Waals surface area contributed by atoms with Crippen molar-refractivity contribution in [1.82, 2.24) is 0 Å². The molecule has 2 aromatic carbocycles. The van der Waals surface area contributed by atoms with E-state index in [0.717, 1.165) is 5.75 Å². The van der Waals surface area contributed by atoms with Gasteiger partial charge < -0.3 is 9.47 Å². The van der Waals surface area contributed by atoms with Crippen LogP contribution in [0.5, 0.6) is 5.75 Å². The number of methoxy groups -OCH3 is 1. The summed E-state index contributed by atoms with van der Waals surface area (Å²) in [6, 6.07) is 16.9. The summed E-state index contributed by atoms with van der Waals surface area (Å²) in [4.78, 5) is 1.30. The molecule has 0 N–H and O–H groups in total. The van der Waals surface area contributed by atoms with E-state index < -0.39 is 0 Å². The van der Waals surface area contributed by atoms with E-state index in [2.05, 4.69) is 47.8 Å². The van der Waals surface area contributed by atoms with Gasteiger partial charge in [0.15, 0.2) is 0 Å². The Balaban J connectivity index is 1.87. The molecule has 0 radical (unpaired) electrons. The molecular formula is C17H16O2S. The van der Waals surface area contributed by atoms with Crippen LogP contribution in [0.4, 0.5) is 0 Å². The van der Waals surface area contributed by atoms with Crippen LogP contribution in [0.1, 0.15) is 0 Å². The molecule has 102 valence electrons. The Morgan fingerprint density at radius 1 is 0.950 bits per heavy atom. The third-order valence-corrected chi connectivity index (χ3v) is 4.09. The van der Waals surface area contributed by atoms with E-state index in [9.17, 15) is 0 Å². The lowest BCUT2D eigenvalue weighted by Gasteiger charge is -2.07. The van der Waals surface area contributed by atoms with Gasteiger partial charge in [0.05, 0.1) is 6.61 Å². The van der Waals surface area contributed by atoms with Gasteiger partial charge in [-0.15, -0.1) is 11.3 Å². The van der Waals surface area contributed by atoms with Crippen LogP contribution in [-0.2, 0) is 4.74 Å². The van der Waals surface area contributed by atoms with Gasteiger partial charge in [0.2, 0.25) is 0 Å². The maximum atomic E-state index is 5.63. The molecule has 1 aromatic heterocycles. The number of hydrogen-bond acceptors (Lipinski definition) is 3. The second kappa shape index (κ2) is 6.07. The van der Waals surface area contributed by atoms with Crippen LogP contribution in [0.2, 0.25) is 0 Å². The predicted octanol–water partition coefficient (Wildman–Crippen LogP) is 4.59. The molecule has 1 heterocycles. The minimum Gasteiger partial charge on any atom is -0.491 e. The van der Waals surface area contributed by atoms with Crippen LogP contribution in [-0.4, -0.2) is 20.3 Å². The molecule has 0 aliphatic carbocycles. The van der Waals surface area contributed by atoms with E-state index >= 15 is 0 Å². The van der Waals surface area contributed by atoms with Gasteiger partial charge in [-0.3, -0.25) is 0 Å². The standard InChI is InChI=1S/C17H16O2S/c1-18-8-9-19-16-7-6-13-11-15(5-4-14(13)12-16)17-3-2-10-20-17/h2-7,10-12H,8-9H2,1H3. The lowest BCUT2D eigenvalue weighted by atomic mass is 10.1. The second-order valence-electron chi connectivity index (χ2n) is 4.54. The first-order valence-corrected chi connectivity index (χ1v) is 7.44. The molecular weight excluding hydrogens is 268 g/mol. The van der Waals surface area contributed by atoms with Crippen LogP contribution < -0.4 is 4.74 Å². The van der Waals surface area contributed by atoms with Gasteiger partial charge in [-0.25, -0.2) is 0 Å². The molecule has 0 bridgehead atoms. The minimum atomic E-state index is 0.579. The summed E-state index contributed by atoms with van der Waals surface area (Å²) >= 11 is 1.76. The molecule has 3 rings (SSSR count).